The summed E-state index contributed by atoms with van der Waals surface area (Å²) in [6, 6.07) is 0. The zero-order valence-electron chi connectivity index (χ0n) is 8.07. The van der Waals surface area contributed by atoms with E-state index in [1.54, 1.807) is 0 Å². The third kappa shape index (κ3) is 0.839. The molecule has 2 heteroatoms. The van der Waals surface area contributed by atoms with Crippen molar-refractivity contribution < 1.29 is 9.90 Å². The van der Waals surface area contributed by atoms with Gasteiger partial charge in [0, 0.05) is 6.08 Å². The molecule has 0 unspecified atom stereocenters. The summed E-state index contributed by atoms with van der Waals surface area (Å²) in [6.07, 6.45) is 5.03. The fourth-order valence-electron chi connectivity index (χ4n) is 3.77. The fourth-order valence-corrected chi connectivity index (χ4v) is 3.77. The molecule has 0 saturated heterocycles. The monoisotopic (exact) mass is 190 g/mol. The largest absolute Gasteiger partial charge is 0.478 e. The van der Waals surface area contributed by atoms with Crippen molar-refractivity contribution in [2.75, 3.05) is 0 Å². The summed E-state index contributed by atoms with van der Waals surface area (Å²) in [7, 11) is 0. The molecule has 0 radical (unpaired) electrons. The SMILES string of the molecule is C=C1[C@H]2CC[C@@H]3/C(=C\C(=O)O)[C@H](C2)[C@H]13. The van der Waals surface area contributed by atoms with Crippen LogP contribution in [0.25, 0.3) is 0 Å². The first-order chi connectivity index (χ1) is 6.68. The van der Waals surface area contributed by atoms with Crippen molar-refractivity contribution in [2.24, 2.45) is 23.7 Å². The summed E-state index contributed by atoms with van der Waals surface area (Å²) < 4.78 is 0. The van der Waals surface area contributed by atoms with Gasteiger partial charge in [0.25, 0.3) is 0 Å². The summed E-state index contributed by atoms with van der Waals surface area (Å²) in [6.45, 7) is 4.16. The molecule has 0 aromatic rings. The van der Waals surface area contributed by atoms with Gasteiger partial charge in [-0.15, -0.1) is 0 Å². The average molecular weight is 190 g/mol. The van der Waals surface area contributed by atoms with Crippen LogP contribution in [0.1, 0.15) is 19.3 Å². The Balaban J connectivity index is 1.96. The Bertz CT molecular complexity index is 345. The van der Waals surface area contributed by atoms with Gasteiger partial charge >= 0.3 is 5.97 Å². The van der Waals surface area contributed by atoms with Crippen molar-refractivity contribution in [2.45, 2.75) is 19.3 Å². The minimum atomic E-state index is -0.778. The smallest absolute Gasteiger partial charge is 0.328 e. The Kier molecular flexibility index (Phi) is 1.48. The zero-order valence-corrected chi connectivity index (χ0v) is 8.07. The highest BCUT2D eigenvalue weighted by molar-refractivity contribution is 5.81. The molecule has 3 rings (SSSR count). The second-order valence-electron chi connectivity index (χ2n) is 4.81. The quantitative estimate of drug-likeness (QED) is 0.508. The number of allylic oxidation sites excluding steroid dienone is 2. The van der Waals surface area contributed by atoms with Crippen LogP contribution >= 0.6 is 0 Å². The van der Waals surface area contributed by atoms with Crippen LogP contribution in [0.3, 0.4) is 0 Å². The lowest BCUT2D eigenvalue weighted by molar-refractivity contribution is -0.131. The molecular weight excluding hydrogens is 176 g/mol. The first-order valence-electron chi connectivity index (χ1n) is 5.31. The van der Waals surface area contributed by atoms with Crippen LogP contribution in [0.2, 0.25) is 0 Å². The molecule has 3 fully saturated rings. The molecule has 14 heavy (non-hydrogen) atoms. The molecular formula is C12H14O2. The lowest BCUT2D eigenvalue weighted by Crippen LogP contribution is -2.38. The van der Waals surface area contributed by atoms with Crippen molar-refractivity contribution >= 4 is 5.97 Å². The molecule has 0 aromatic carbocycles. The van der Waals surface area contributed by atoms with Crippen LogP contribution in [0, 0.1) is 23.7 Å². The van der Waals surface area contributed by atoms with Crippen molar-refractivity contribution in [3.05, 3.63) is 23.8 Å². The van der Waals surface area contributed by atoms with E-state index in [4.69, 9.17) is 5.11 Å². The van der Waals surface area contributed by atoms with Gasteiger partial charge in [-0.1, -0.05) is 17.7 Å². The number of fused-ring (bicyclic) bond motifs is 1. The van der Waals surface area contributed by atoms with Gasteiger partial charge in [0.05, 0.1) is 0 Å². The minimum absolute atomic E-state index is 0.530. The summed E-state index contributed by atoms with van der Waals surface area (Å²) in [4.78, 5) is 10.6. The number of rotatable bonds is 1. The minimum Gasteiger partial charge on any atom is -0.478 e. The van der Waals surface area contributed by atoms with Crippen molar-refractivity contribution in [1.82, 2.24) is 0 Å². The molecule has 4 atom stereocenters. The number of carbonyl (C=O) groups is 1. The molecule has 0 spiro atoms. The fraction of sp³-hybridized carbons (Fsp3) is 0.583. The number of carboxylic acid groups (broad SMARTS) is 1. The van der Waals surface area contributed by atoms with Crippen LogP contribution in [-0.2, 0) is 4.79 Å². The Morgan fingerprint density at radius 1 is 1.43 bits per heavy atom. The molecule has 2 bridgehead atoms. The lowest BCUT2D eigenvalue weighted by atomic mass is 9.59. The molecule has 3 aliphatic carbocycles. The van der Waals surface area contributed by atoms with Gasteiger partial charge in [-0.25, -0.2) is 4.79 Å². The normalized spacial score (nSPS) is 46.6. The van der Waals surface area contributed by atoms with Gasteiger partial charge < -0.3 is 5.11 Å². The summed E-state index contributed by atoms with van der Waals surface area (Å²) >= 11 is 0. The highest BCUT2D eigenvalue weighted by Gasteiger charge is 2.56. The third-order valence-corrected chi connectivity index (χ3v) is 4.33. The van der Waals surface area contributed by atoms with Gasteiger partial charge in [0.1, 0.15) is 0 Å². The molecule has 3 aliphatic rings. The molecule has 1 N–H and O–H groups in total. The van der Waals surface area contributed by atoms with E-state index in [1.807, 2.05) is 0 Å². The Hall–Kier alpha value is -1.05. The summed E-state index contributed by atoms with van der Waals surface area (Å²) in [5.41, 5.74) is 2.61. The van der Waals surface area contributed by atoms with Crippen LogP contribution in [0.4, 0.5) is 0 Å². The third-order valence-electron chi connectivity index (χ3n) is 4.33. The van der Waals surface area contributed by atoms with Crippen LogP contribution in [-0.4, -0.2) is 11.1 Å². The summed E-state index contributed by atoms with van der Waals surface area (Å²) in [5.74, 6) is 1.62. The predicted octanol–water partition coefficient (Wildman–Crippen LogP) is 2.23. The van der Waals surface area contributed by atoms with Gasteiger partial charge in [0.15, 0.2) is 0 Å². The maximum absolute atomic E-state index is 10.6. The number of hydrogen-bond donors (Lipinski definition) is 1. The van der Waals surface area contributed by atoms with E-state index in [2.05, 4.69) is 6.58 Å². The van der Waals surface area contributed by atoms with Gasteiger partial charge in [-0.2, -0.15) is 0 Å². The topological polar surface area (TPSA) is 37.3 Å². The van der Waals surface area contributed by atoms with Crippen molar-refractivity contribution in [3.63, 3.8) is 0 Å². The zero-order chi connectivity index (χ0) is 9.87. The first kappa shape index (κ1) is 8.27. The molecule has 3 saturated carbocycles. The van der Waals surface area contributed by atoms with E-state index < -0.39 is 5.97 Å². The molecule has 0 heterocycles. The molecule has 2 nitrogen and oxygen atoms in total. The average Bonchev–Trinajstić information content (AvgIpc) is 2.31. The second kappa shape index (κ2) is 2.50. The molecule has 0 amide bonds. The van der Waals surface area contributed by atoms with Crippen molar-refractivity contribution in [1.29, 1.82) is 0 Å². The Labute approximate surface area is 83.3 Å². The molecule has 74 valence electrons. The highest BCUT2D eigenvalue weighted by Crippen LogP contribution is 2.65. The van der Waals surface area contributed by atoms with Gasteiger partial charge in [0.2, 0.25) is 0 Å². The van der Waals surface area contributed by atoms with Crippen molar-refractivity contribution in [3.8, 4) is 0 Å². The van der Waals surface area contributed by atoms with Crippen LogP contribution in [0.15, 0.2) is 23.8 Å². The first-order valence-corrected chi connectivity index (χ1v) is 5.31. The maximum atomic E-state index is 10.6. The van der Waals surface area contributed by atoms with E-state index in [1.165, 1.54) is 36.5 Å². The van der Waals surface area contributed by atoms with E-state index in [0.717, 1.165) is 0 Å². The Morgan fingerprint density at radius 2 is 2.21 bits per heavy atom. The number of aliphatic carboxylic acids is 1. The van der Waals surface area contributed by atoms with E-state index in [9.17, 15) is 4.79 Å². The molecule has 0 aliphatic heterocycles. The van der Waals surface area contributed by atoms with Crippen LogP contribution in [0.5, 0.6) is 0 Å². The van der Waals surface area contributed by atoms with Gasteiger partial charge in [-0.05, 0) is 42.9 Å². The second-order valence-corrected chi connectivity index (χ2v) is 4.81. The highest BCUT2D eigenvalue weighted by atomic mass is 16.4. The lowest BCUT2D eigenvalue weighted by Gasteiger charge is -2.45. The number of carboxylic acids is 1. The summed E-state index contributed by atoms with van der Waals surface area (Å²) in [5, 5.41) is 8.76. The standard InChI is InChI=1S/C12H14O2/c1-6-7-2-3-8-9(5-11(13)14)10(4-7)12(6)8/h5,7-8,10,12H,1-4H2,(H,13,14)/b9-5+/t7-,8+,10-,12+/m0/s1. The van der Waals surface area contributed by atoms with Gasteiger partial charge in [-0.3, -0.25) is 0 Å². The Morgan fingerprint density at radius 3 is 2.93 bits per heavy atom. The van der Waals surface area contributed by atoms with E-state index in [0.29, 0.717) is 23.7 Å². The van der Waals surface area contributed by atoms with E-state index >= 15 is 0 Å². The number of hydrogen-bond acceptors (Lipinski definition) is 1. The van der Waals surface area contributed by atoms with Crippen LogP contribution < -0.4 is 0 Å². The van der Waals surface area contributed by atoms with E-state index in [-0.39, 0.29) is 0 Å². The predicted molar refractivity (Wildman–Crippen MR) is 52.7 cm³/mol. The maximum Gasteiger partial charge on any atom is 0.328 e. The molecule has 0 aromatic heterocycles.